The minimum atomic E-state index is -0.646. The molecule has 0 saturated carbocycles. The summed E-state index contributed by atoms with van der Waals surface area (Å²) in [7, 11) is 1.23. The normalized spacial score (nSPS) is 15.3. The summed E-state index contributed by atoms with van der Waals surface area (Å²) in [5.74, 6) is -0.642. The molecular formula is C19H16BrNO7S. The highest BCUT2D eigenvalue weighted by molar-refractivity contribution is 9.10. The third kappa shape index (κ3) is 4.48. The average Bonchev–Trinajstić information content (AvgIpc) is 3.25. The van der Waals surface area contributed by atoms with Gasteiger partial charge in [0, 0.05) is 4.47 Å². The van der Waals surface area contributed by atoms with E-state index in [1.54, 1.807) is 19.1 Å². The SMILES string of the molecule is CCOc1cc(C=C2SC(=O)N(Cc3ccc(C(=O)OC)o3)C2=O)c(Br)cc1O. The summed E-state index contributed by atoms with van der Waals surface area (Å²) in [5.41, 5.74) is 0.572. The van der Waals surface area contributed by atoms with E-state index in [0.717, 1.165) is 16.7 Å². The maximum atomic E-state index is 12.7. The van der Waals surface area contributed by atoms with Crippen LogP contribution in [0, 0.1) is 0 Å². The molecule has 0 aliphatic carbocycles. The fraction of sp³-hybridized carbons (Fsp3) is 0.211. The van der Waals surface area contributed by atoms with Crippen molar-refractivity contribution in [2.75, 3.05) is 13.7 Å². The number of carbonyl (C=O) groups is 3. The number of hydrogen-bond donors (Lipinski definition) is 1. The first kappa shape index (κ1) is 21.0. The lowest BCUT2D eigenvalue weighted by Gasteiger charge is -2.10. The predicted molar refractivity (Wildman–Crippen MR) is 109 cm³/mol. The van der Waals surface area contributed by atoms with Crippen LogP contribution in [0.15, 0.2) is 38.1 Å². The molecule has 1 saturated heterocycles. The molecule has 1 aliphatic rings. The van der Waals surface area contributed by atoms with E-state index in [4.69, 9.17) is 9.15 Å². The quantitative estimate of drug-likeness (QED) is 0.483. The minimum absolute atomic E-state index is 0.0125. The van der Waals surface area contributed by atoms with Crippen LogP contribution in [0.25, 0.3) is 6.08 Å². The fourth-order valence-corrected chi connectivity index (χ4v) is 3.82. The number of hydrogen-bond acceptors (Lipinski definition) is 8. The van der Waals surface area contributed by atoms with Crippen LogP contribution in [0.3, 0.4) is 0 Å². The summed E-state index contributed by atoms with van der Waals surface area (Å²) in [4.78, 5) is 37.7. The molecule has 0 spiro atoms. The second-order valence-corrected chi connectivity index (χ2v) is 7.65. The number of rotatable bonds is 6. The number of esters is 1. The summed E-state index contributed by atoms with van der Waals surface area (Å²) >= 11 is 4.12. The molecule has 1 aromatic heterocycles. The van der Waals surface area contributed by atoms with Crippen molar-refractivity contribution in [3.05, 3.63) is 50.7 Å². The Morgan fingerprint density at radius 2 is 2.10 bits per heavy atom. The second kappa shape index (κ2) is 8.75. The molecule has 2 aromatic rings. The number of benzene rings is 1. The van der Waals surface area contributed by atoms with Gasteiger partial charge < -0.3 is 19.0 Å². The van der Waals surface area contributed by atoms with Gasteiger partial charge in [-0.25, -0.2) is 4.79 Å². The monoisotopic (exact) mass is 481 g/mol. The van der Waals surface area contributed by atoms with Crippen molar-refractivity contribution in [2.45, 2.75) is 13.5 Å². The molecule has 8 nitrogen and oxygen atoms in total. The number of phenols is 1. The molecule has 2 heterocycles. The number of furan rings is 1. The van der Waals surface area contributed by atoms with Crippen molar-refractivity contribution in [1.29, 1.82) is 0 Å². The van der Waals surface area contributed by atoms with Gasteiger partial charge in [0.05, 0.1) is 25.2 Å². The Kier molecular flexibility index (Phi) is 6.33. The summed E-state index contributed by atoms with van der Waals surface area (Å²) in [6.07, 6.45) is 1.54. The zero-order valence-electron chi connectivity index (χ0n) is 15.4. The van der Waals surface area contributed by atoms with Gasteiger partial charge in [0.25, 0.3) is 11.1 Å². The largest absolute Gasteiger partial charge is 0.504 e. The van der Waals surface area contributed by atoms with Crippen molar-refractivity contribution in [3.8, 4) is 11.5 Å². The third-order valence-corrected chi connectivity index (χ3v) is 5.49. The van der Waals surface area contributed by atoms with Crippen LogP contribution in [0.2, 0.25) is 0 Å². The number of imide groups is 1. The third-order valence-electron chi connectivity index (χ3n) is 3.90. The van der Waals surface area contributed by atoms with Crippen molar-refractivity contribution >= 4 is 50.9 Å². The lowest BCUT2D eigenvalue weighted by atomic mass is 10.2. The number of amides is 2. The molecular weight excluding hydrogens is 466 g/mol. The maximum Gasteiger partial charge on any atom is 0.373 e. The molecule has 1 fully saturated rings. The van der Waals surface area contributed by atoms with Gasteiger partial charge in [-0.1, -0.05) is 15.9 Å². The molecule has 1 aromatic carbocycles. The zero-order valence-corrected chi connectivity index (χ0v) is 17.8. The Bertz CT molecular complexity index is 1010. The number of carbonyl (C=O) groups excluding carboxylic acids is 3. The van der Waals surface area contributed by atoms with Crippen LogP contribution in [0.4, 0.5) is 4.79 Å². The van der Waals surface area contributed by atoms with Gasteiger partial charge in [-0.05, 0) is 54.6 Å². The van der Waals surface area contributed by atoms with E-state index in [-0.39, 0.29) is 34.5 Å². The van der Waals surface area contributed by atoms with Crippen LogP contribution < -0.4 is 4.74 Å². The number of thioether (sulfide) groups is 1. The lowest BCUT2D eigenvalue weighted by molar-refractivity contribution is -0.123. The fourth-order valence-electron chi connectivity index (χ4n) is 2.55. The van der Waals surface area contributed by atoms with E-state index in [1.165, 1.54) is 25.3 Å². The number of phenolic OH excluding ortho intramolecular Hbond substituents is 1. The molecule has 10 heteroatoms. The molecule has 152 valence electrons. The standard InChI is InChI=1S/C19H16BrNO7S/c1-3-27-15-6-10(12(20)8-13(15)22)7-16-17(23)21(19(25)29-16)9-11-4-5-14(28-11)18(24)26-2/h4-8,22H,3,9H2,1-2H3. The van der Waals surface area contributed by atoms with E-state index >= 15 is 0 Å². The molecule has 0 atom stereocenters. The van der Waals surface area contributed by atoms with Gasteiger partial charge in [-0.15, -0.1) is 0 Å². The first-order valence-electron chi connectivity index (χ1n) is 8.41. The molecule has 0 radical (unpaired) electrons. The summed E-state index contributed by atoms with van der Waals surface area (Å²) in [6, 6.07) is 5.95. The highest BCUT2D eigenvalue weighted by Gasteiger charge is 2.36. The van der Waals surface area contributed by atoms with Gasteiger partial charge in [-0.2, -0.15) is 0 Å². The summed E-state index contributed by atoms with van der Waals surface area (Å²) in [5, 5.41) is 9.45. The second-order valence-electron chi connectivity index (χ2n) is 5.80. The first-order valence-corrected chi connectivity index (χ1v) is 10.0. The number of methoxy groups -OCH3 is 1. The topological polar surface area (TPSA) is 106 Å². The molecule has 0 unspecified atom stereocenters. The number of ether oxygens (including phenoxy) is 2. The summed E-state index contributed by atoms with van der Waals surface area (Å²) < 4.78 is 15.8. The van der Waals surface area contributed by atoms with Gasteiger partial charge >= 0.3 is 5.97 Å². The molecule has 2 amide bonds. The minimum Gasteiger partial charge on any atom is -0.504 e. The Morgan fingerprint density at radius 1 is 1.34 bits per heavy atom. The van der Waals surface area contributed by atoms with E-state index in [0.29, 0.717) is 16.6 Å². The predicted octanol–water partition coefficient (Wildman–Crippen LogP) is 4.17. The lowest BCUT2D eigenvalue weighted by Crippen LogP contribution is -2.27. The summed E-state index contributed by atoms with van der Waals surface area (Å²) in [6.45, 7) is 2.04. The van der Waals surface area contributed by atoms with Crippen LogP contribution in [-0.2, 0) is 16.1 Å². The van der Waals surface area contributed by atoms with Crippen LogP contribution in [0.1, 0.15) is 28.8 Å². The van der Waals surface area contributed by atoms with Crippen LogP contribution in [-0.4, -0.2) is 40.8 Å². The van der Waals surface area contributed by atoms with Crippen molar-refractivity contribution in [1.82, 2.24) is 4.90 Å². The molecule has 29 heavy (non-hydrogen) atoms. The molecule has 0 bridgehead atoms. The van der Waals surface area contributed by atoms with Crippen molar-refractivity contribution in [3.63, 3.8) is 0 Å². The van der Waals surface area contributed by atoms with Crippen molar-refractivity contribution in [2.24, 2.45) is 0 Å². The van der Waals surface area contributed by atoms with Gasteiger partial charge in [0.15, 0.2) is 11.5 Å². The molecule has 1 aliphatic heterocycles. The Balaban J connectivity index is 1.82. The Morgan fingerprint density at radius 3 is 2.79 bits per heavy atom. The van der Waals surface area contributed by atoms with E-state index in [9.17, 15) is 19.5 Å². The van der Waals surface area contributed by atoms with E-state index < -0.39 is 17.1 Å². The van der Waals surface area contributed by atoms with Crippen LogP contribution >= 0.6 is 27.7 Å². The van der Waals surface area contributed by atoms with E-state index in [2.05, 4.69) is 20.7 Å². The maximum absolute atomic E-state index is 12.7. The van der Waals surface area contributed by atoms with Gasteiger partial charge in [-0.3, -0.25) is 14.5 Å². The molecule has 1 N–H and O–H groups in total. The van der Waals surface area contributed by atoms with Crippen LogP contribution in [0.5, 0.6) is 11.5 Å². The van der Waals surface area contributed by atoms with E-state index in [1.807, 2.05) is 0 Å². The highest BCUT2D eigenvalue weighted by atomic mass is 79.9. The highest BCUT2D eigenvalue weighted by Crippen LogP contribution is 2.38. The van der Waals surface area contributed by atoms with Crippen molar-refractivity contribution < 1.29 is 33.4 Å². The number of halogens is 1. The average molecular weight is 482 g/mol. The first-order chi connectivity index (χ1) is 13.8. The number of aromatic hydroxyl groups is 1. The smallest absolute Gasteiger partial charge is 0.373 e. The van der Waals surface area contributed by atoms with Gasteiger partial charge in [0.1, 0.15) is 5.76 Å². The Hall–Kier alpha value is -2.72. The van der Waals surface area contributed by atoms with Gasteiger partial charge in [0.2, 0.25) is 5.76 Å². The number of nitrogens with zero attached hydrogens (tertiary/aromatic N) is 1. The zero-order chi connectivity index (χ0) is 21.1. The Labute approximate surface area is 178 Å². The molecule has 3 rings (SSSR count).